The highest BCUT2D eigenvalue weighted by Gasteiger charge is 2.21. The third-order valence-corrected chi connectivity index (χ3v) is 6.28. The second kappa shape index (κ2) is 8.01. The molecule has 1 amide bonds. The first-order chi connectivity index (χ1) is 12.5. The van der Waals surface area contributed by atoms with E-state index in [0.29, 0.717) is 12.8 Å². The Morgan fingerprint density at radius 1 is 1.12 bits per heavy atom. The molecule has 138 valence electrons. The maximum atomic E-state index is 12.3. The van der Waals surface area contributed by atoms with Gasteiger partial charge < -0.3 is 5.32 Å². The number of amides is 1. The van der Waals surface area contributed by atoms with Crippen molar-refractivity contribution < 1.29 is 13.2 Å². The minimum Gasteiger partial charge on any atom is -0.349 e. The molecule has 2 N–H and O–H groups in total. The normalized spacial score (nSPS) is 16.7. The molecule has 5 nitrogen and oxygen atoms in total. The van der Waals surface area contributed by atoms with E-state index in [1.165, 1.54) is 18.2 Å². The van der Waals surface area contributed by atoms with Crippen molar-refractivity contribution in [3.8, 4) is 0 Å². The minimum absolute atomic E-state index is 0.0265. The Labute approximate surface area is 154 Å². The van der Waals surface area contributed by atoms with Gasteiger partial charge in [-0.15, -0.1) is 0 Å². The molecule has 0 saturated heterocycles. The van der Waals surface area contributed by atoms with Gasteiger partial charge in [0.2, 0.25) is 15.9 Å². The molecule has 26 heavy (non-hydrogen) atoms. The predicted molar refractivity (Wildman–Crippen MR) is 101 cm³/mol. The number of sulfonamides is 1. The Balaban J connectivity index is 1.57. The third-order valence-electron chi connectivity index (χ3n) is 4.85. The van der Waals surface area contributed by atoms with E-state index < -0.39 is 10.0 Å². The van der Waals surface area contributed by atoms with Crippen LogP contribution in [0.15, 0.2) is 53.4 Å². The monoisotopic (exact) mass is 372 g/mol. The molecule has 0 aromatic heterocycles. The highest BCUT2D eigenvalue weighted by molar-refractivity contribution is 7.89. The quantitative estimate of drug-likeness (QED) is 0.819. The van der Waals surface area contributed by atoms with Crippen molar-refractivity contribution in [2.75, 3.05) is 7.05 Å². The van der Waals surface area contributed by atoms with Gasteiger partial charge in [0.05, 0.1) is 10.9 Å². The lowest BCUT2D eigenvalue weighted by molar-refractivity contribution is -0.121. The molecule has 1 atom stereocenters. The molecular formula is C20H24N2O3S. The molecule has 0 saturated carbocycles. The number of hydrogen-bond donors (Lipinski definition) is 2. The second-order valence-electron chi connectivity index (χ2n) is 6.56. The molecule has 0 unspecified atom stereocenters. The fourth-order valence-electron chi connectivity index (χ4n) is 3.38. The standard InChI is InChI=1S/C20H24N2O3S/c1-21-26(24,25)17-12-9-15(10-13-17)11-14-20(23)22-19-8-4-6-16-5-2-3-7-18(16)19/h2-3,5,7,9-10,12-13,19,21H,4,6,8,11,14H2,1H3,(H,22,23)/t19-/m0/s1. The number of carbonyl (C=O) groups excluding carboxylic acids is 1. The van der Waals surface area contributed by atoms with Gasteiger partial charge in [-0.05, 0) is 61.6 Å². The lowest BCUT2D eigenvalue weighted by Crippen LogP contribution is -2.31. The summed E-state index contributed by atoms with van der Waals surface area (Å²) in [6, 6.07) is 15.0. The largest absolute Gasteiger partial charge is 0.349 e. The maximum Gasteiger partial charge on any atom is 0.240 e. The van der Waals surface area contributed by atoms with E-state index in [4.69, 9.17) is 0 Å². The summed E-state index contributed by atoms with van der Waals surface area (Å²) in [7, 11) is -2.04. The molecular weight excluding hydrogens is 348 g/mol. The number of benzene rings is 2. The minimum atomic E-state index is -3.42. The first kappa shape index (κ1) is 18.6. The SMILES string of the molecule is CNS(=O)(=O)c1ccc(CCC(=O)N[C@H]2CCCc3ccccc32)cc1. The van der Waals surface area contributed by atoms with Crippen LogP contribution in [0.3, 0.4) is 0 Å². The topological polar surface area (TPSA) is 75.3 Å². The average molecular weight is 372 g/mol. The van der Waals surface area contributed by atoms with E-state index in [1.807, 2.05) is 12.1 Å². The van der Waals surface area contributed by atoms with Gasteiger partial charge in [0.1, 0.15) is 0 Å². The van der Waals surface area contributed by atoms with Gasteiger partial charge in [0.15, 0.2) is 0 Å². The number of aryl methyl sites for hydroxylation is 2. The summed E-state index contributed by atoms with van der Waals surface area (Å²) in [5, 5.41) is 3.15. The van der Waals surface area contributed by atoms with Gasteiger partial charge in [-0.3, -0.25) is 4.79 Å². The Kier molecular flexibility index (Phi) is 5.74. The first-order valence-electron chi connectivity index (χ1n) is 8.89. The molecule has 2 aromatic rings. The van der Waals surface area contributed by atoms with Gasteiger partial charge in [0.25, 0.3) is 0 Å². The van der Waals surface area contributed by atoms with Crippen LogP contribution in [0, 0.1) is 0 Å². The molecule has 0 fully saturated rings. The second-order valence-corrected chi connectivity index (χ2v) is 8.45. The molecule has 0 heterocycles. The number of carbonyl (C=O) groups is 1. The van der Waals surface area contributed by atoms with E-state index in [2.05, 4.69) is 22.2 Å². The van der Waals surface area contributed by atoms with Gasteiger partial charge in [0, 0.05) is 6.42 Å². The molecule has 0 aliphatic heterocycles. The molecule has 1 aliphatic carbocycles. The van der Waals surface area contributed by atoms with E-state index >= 15 is 0 Å². The Morgan fingerprint density at radius 2 is 1.85 bits per heavy atom. The van der Waals surface area contributed by atoms with Crippen molar-refractivity contribution in [3.63, 3.8) is 0 Å². The average Bonchev–Trinajstić information content (AvgIpc) is 2.67. The van der Waals surface area contributed by atoms with E-state index in [-0.39, 0.29) is 16.8 Å². The maximum absolute atomic E-state index is 12.3. The summed E-state index contributed by atoms with van der Waals surface area (Å²) in [4.78, 5) is 12.6. The lowest BCUT2D eigenvalue weighted by Gasteiger charge is -2.26. The summed E-state index contributed by atoms with van der Waals surface area (Å²) in [6.07, 6.45) is 4.10. The van der Waals surface area contributed by atoms with Crippen LogP contribution in [-0.2, 0) is 27.7 Å². The first-order valence-corrected chi connectivity index (χ1v) is 10.4. The zero-order chi connectivity index (χ0) is 18.6. The Morgan fingerprint density at radius 3 is 2.58 bits per heavy atom. The van der Waals surface area contributed by atoms with Gasteiger partial charge in [-0.25, -0.2) is 13.1 Å². The molecule has 6 heteroatoms. The number of fused-ring (bicyclic) bond motifs is 1. The van der Waals surface area contributed by atoms with Gasteiger partial charge in [-0.2, -0.15) is 0 Å². The van der Waals surface area contributed by atoms with Crippen molar-refractivity contribution in [1.82, 2.24) is 10.0 Å². The van der Waals surface area contributed by atoms with Crippen LogP contribution in [0.25, 0.3) is 0 Å². The van der Waals surface area contributed by atoms with Crippen molar-refractivity contribution in [2.24, 2.45) is 0 Å². The smallest absolute Gasteiger partial charge is 0.240 e. The van der Waals surface area contributed by atoms with Crippen molar-refractivity contribution in [3.05, 3.63) is 65.2 Å². The van der Waals surface area contributed by atoms with Crippen LogP contribution < -0.4 is 10.0 Å². The van der Waals surface area contributed by atoms with Gasteiger partial charge >= 0.3 is 0 Å². The molecule has 0 spiro atoms. The van der Waals surface area contributed by atoms with Crippen molar-refractivity contribution in [2.45, 2.75) is 43.0 Å². The van der Waals surface area contributed by atoms with E-state index in [1.54, 1.807) is 24.3 Å². The van der Waals surface area contributed by atoms with E-state index in [0.717, 1.165) is 24.8 Å². The highest BCUT2D eigenvalue weighted by Crippen LogP contribution is 2.29. The summed E-state index contributed by atoms with van der Waals surface area (Å²) >= 11 is 0. The highest BCUT2D eigenvalue weighted by atomic mass is 32.2. The fourth-order valence-corrected chi connectivity index (χ4v) is 4.11. The zero-order valence-electron chi connectivity index (χ0n) is 14.9. The van der Waals surface area contributed by atoms with Crippen LogP contribution in [-0.4, -0.2) is 21.4 Å². The Hall–Kier alpha value is -2.18. The summed E-state index contributed by atoms with van der Waals surface area (Å²) in [5.74, 6) is 0.0265. The van der Waals surface area contributed by atoms with Crippen LogP contribution in [0.2, 0.25) is 0 Å². The summed E-state index contributed by atoms with van der Waals surface area (Å²) in [5.41, 5.74) is 3.50. The van der Waals surface area contributed by atoms with Crippen LogP contribution in [0.4, 0.5) is 0 Å². The van der Waals surface area contributed by atoms with E-state index in [9.17, 15) is 13.2 Å². The molecule has 3 rings (SSSR count). The summed E-state index contributed by atoms with van der Waals surface area (Å²) < 4.78 is 25.7. The predicted octanol–water partition coefficient (Wildman–Crippen LogP) is 2.72. The van der Waals surface area contributed by atoms with Gasteiger partial charge in [-0.1, -0.05) is 36.4 Å². The van der Waals surface area contributed by atoms with Crippen LogP contribution >= 0.6 is 0 Å². The van der Waals surface area contributed by atoms with Crippen molar-refractivity contribution >= 4 is 15.9 Å². The molecule has 0 bridgehead atoms. The number of rotatable bonds is 6. The van der Waals surface area contributed by atoms with Crippen LogP contribution in [0.5, 0.6) is 0 Å². The number of nitrogens with one attached hydrogen (secondary N) is 2. The molecule has 2 aromatic carbocycles. The van der Waals surface area contributed by atoms with Crippen LogP contribution in [0.1, 0.15) is 42.0 Å². The number of hydrogen-bond acceptors (Lipinski definition) is 3. The summed E-state index contributed by atoms with van der Waals surface area (Å²) in [6.45, 7) is 0. The zero-order valence-corrected chi connectivity index (χ0v) is 15.7. The Bertz CT molecular complexity index is 876. The van der Waals surface area contributed by atoms with Crippen molar-refractivity contribution in [1.29, 1.82) is 0 Å². The lowest BCUT2D eigenvalue weighted by atomic mass is 9.87. The fraction of sp³-hybridized carbons (Fsp3) is 0.350. The molecule has 1 aliphatic rings. The molecule has 0 radical (unpaired) electrons. The third kappa shape index (κ3) is 4.31.